The van der Waals surface area contributed by atoms with E-state index in [1.807, 2.05) is 50.3 Å². The van der Waals surface area contributed by atoms with Crippen molar-refractivity contribution >= 4 is 29.4 Å². The average Bonchev–Trinajstić information content (AvgIpc) is 2.46. The molecule has 0 spiro atoms. The molecule has 0 aliphatic carbocycles. The Morgan fingerprint density at radius 1 is 1.14 bits per heavy atom. The van der Waals surface area contributed by atoms with Gasteiger partial charge in [-0.2, -0.15) is 15.0 Å². The van der Waals surface area contributed by atoms with Crippen LogP contribution in [0.1, 0.15) is 5.56 Å². The Kier molecular flexibility index (Phi) is 4.77. The van der Waals surface area contributed by atoms with Gasteiger partial charge in [-0.25, -0.2) is 5.84 Å². The smallest absolute Gasteiger partial charge is 0.243 e. The Morgan fingerprint density at radius 3 is 2.48 bits per heavy atom. The van der Waals surface area contributed by atoms with Crippen LogP contribution < -0.4 is 21.1 Å². The SMILES string of the molecule is CN(C)c1nc(NN)nc(N(C)Cc2cccc(Cl)c2)n1. The van der Waals surface area contributed by atoms with Gasteiger partial charge < -0.3 is 9.80 Å². The number of nitrogens with two attached hydrogens (primary N) is 1. The van der Waals surface area contributed by atoms with E-state index in [2.05, 4.69) is 20.4 Å². The molecule has 2 aromatic rings. The minimum absolute atomic E-state index is 0.321. The molecule has 0 amide bonds. The second-order valence-electron chi connectivity index (χ2n) is 4.78. The van der Waals surface area contributed by atoms with Crippen LogP contribution in [0.3, 0.4) is 0 Å². The quantitative estimate of drug-likeness (QED) is 0.640. The first-order chi connectivity index (χ1) is 9.99. The second-order valence-corrected chi connectivity index (χ2v) is 5.22. The molecule has 1 aromatic carbocycles. The molecule has 0 saturated carbocycles. The number of hydrazine groups is 1. The highest BCUT2D eigenvalue weighted by Gasteiger charge is 2.11. The lowest BCUT2D eigenvalue weighted by atomic mass is 10.2. The van der Waals surface area contributed by atoms with Crippen LogP contribution in [0.4, 0.5) is 17.8 Å². The third kappa shape index (κ3) is 3.93. The number of nitrogens with zero attached hydrogens (tertiary/aromatic N) is 5. The first kappa shape index (κ1) is 15.3. The average molecular weight is 308 g/mol. The molecule has 21 heavy (non-hydrogen) atoms. The number of hydrogen-bond donors (Lipinski definition) is 2. The molecule has 3 N–H and O–H groups in total. The minimum Gasteiger partial charge on any atom is -0.347 e. The van der Waals surface area contributed by atoms with E-state index < -0.39 is 0 Å². The van der Waals surface area contributed by atoms with Crippen molar-refractivity contribution in [3.8, 4) is 0 Å². The predicted molar refractivity (Wildman–Crippen MR) is 85.5 cm³/mol. The standard InChI is InChI=1S/C13H18ClN7/c1-20(2)12-16-11(19-15)17-13(18-12)21(3)8-9-5-4-6-10(14)7-9/h4-7H,8,15H2,1-3H3,(H,16,17,18,19). The number of halogens is 1. The zero-order valence-electron chi connectivity index (χ0n) is 12.2. The molecule has 0 bridgehead atoms. The van der Waals surface area contributed by atoms with Crippen molar-refractivity contribution in [1.82, 2.24) is 15.0 Å². The summed E-state index contributed by atoms with van der Waals surface area (Å²) in [6.45, 7) is 0.626. The van der Waals surface area contributed by atoms with Gasteiger partial charge in [0.15, 0.2) is 0 Å². The summed E-state index contributed by atoms with van der Waals surface area (Å²) in [6, 6.07) is 7.67. The van der Waals surface area contributed by atoms with Crippen LogP contribution in [-0.2, 0) is 6.54 Å². The summed E-state index contributed by atoms with van der Waals surface area (Å²) < 4.78 is 0. The van der Waals surface area contributed by atoms with E-state index in [0.717, 1.165) is 5.56 Å². The van der Waals surface area contributed by atoms with Crippen LogP contribution in [0, 0.1) is 0 Å². The van der Waals surface area contributed by atoms with Crippen molar-refractivity contribution in [2.24, 2.45) is 5.84 Å². The summed E-state index contributed by atoms with van der Waals surface area (Å²) >= 11 is 6.00. The van der Waals surface area contributed by atoms with Crippen LogP contribution in [0.5, 0.6) is 0 Å². The molecule has 0 atom stereocenters. The fourth-order valence-electron chi connectivity index (χ4n) is 1.77. The maximum absolute atomic E-state index is 6.00. The predicted octanol–water partition coefficient (Wildman–Crippen LogP) is 1.51. The molecule has 2 rings (SSSR count). The number of nitrogen functional groups attached to an aromatic ring is 1. The van der Waals surface area contributed by atoms with Crippen molar-refractivity contribution in [1.29, 1.82) is 0 Å². The Labute approximate surface area is 128 Å². The molecule has 1 aromatic heterocycles. The van der Waals surface area contributed by atoms with Gasteiger partial charge in [-0.05, 0) is 17.7 Å². The Hall–Kier alpha value is -2.12. The first-order valence-corrected chi connectivity index (χ1v) is 6.73. The lowest BCUT2D eigenvalue weighted by Gasteiger charge is -2.19. The van der Waals surface area contributed by atoms with Gasteiger partial charge in [0.1, 0.15) is 0 Å². The highest BCUT2D eigenvalue weighted by Crippen LogP contribution is 2.17. The van der Waals surface area contributed by atoms with Crippen molar-refractivity contribution in [2.45, 2.75) is 6.54 Å². The van der Waals surface area contributed by atoms with E-state index in [-0.39, 0.29) is 0 Å². The van der Waals surface area contributed by atoms with E-state index in [1.54, 1.807) is 4.90 Å². The van der Waals surface area contributed by atoms with E-state index in [4.69, 9.17) is 17.4 Å². The van der Waals surface area contributed by atoms with Crippen LogP contribution >= 0.6 is 11.6 Å². The molecule has 0 radical (unpaired) electrons. The number of benzene rings is 1. The second kappa shape index (κ2) is 6.55. The number of hydrogen-bond acceptors (Lipinski definition) is 7. The normalized spacial score (nSPS) is 10.3. The zero-order valence-corrected chi connectivity index (χ0v) is 13.0. The van der Waals surface area contributed by atoms with Crippen LogP contribution in [0.2, 0.25) is 5.02 Å². The Morgan fingerprint density at radius 2 is 1.86 bits per heavy atom. The van der Waals surface area contributed by atoms with Crippen molar-refractivity contribution in [2.75, 3.05) is 36.4 Å². The maximum atomic E-state index is 6.00. The summed E-state index contributed by atoms with van der Waals surface area (Å²) in [4.78, 5) is 16.5. The molecule has 0 aliphatic rings. The van der Waals surface area contributed by atoms with E-state index >= 15 is 0 Å². The molecular formula is C13H18ClN7. The van der Waals surface area contributed by atoms with Gasteiger partial charge in [0, 0.05) is 32.7 Å². The number of nitrogens with one attached hydrogen (secondary N) is 1. The Bertz CT molecular complexity index is 617. The van der Waals surface area contributed by atoms with Gasteiger partial charge in [-0.3, -0.25) is 5.43 Å². The van der Waals surface area contributed by atoms with Gasteiger partial charge in [0.05, 0.1) is 0 Å². The molecule has 112 valence electrons. The fourth-order valence-corrected chi connectivity index (χ4v) is 1.98. The summed E-state index contributed by atoms with van der Waals surface area (Å²) in [7, 11) is 5.61. The summed E-state index contributed by atoms with van der Waals surface area (Å²) in [5.74, 6) is 6.79. The van der Waals surface area contributed by atoms with E-state index in [0.29, 0.717) is 29.4 Å². The van der Waals surface area contributed by atoms with Crippen LogP contribution in [0.15, 0.2) is 24.3 Å². The van der Waals surface area contributed by atoms with Gasteiger partial charge in [-0.15, -0.1) is 0 Å². The minimum atomic E-state index is 0.321. The molecule has 0 fully saturated rings. The summed E-state index contributed by atoms with van der Waals surface area (Å²) in [6.07, 6.45) is 0. The highest BCUT2D eigenvalue weighted by molar-refractivity contribution is 6.30. The van der Waals surface area contributed by atoms with E-state index in [9.17, 15) is 0 Å². The molecule has 1 heterocycles. The lowest BCUT2D eigenvalue weighted by molar-refractivity contribution is 0.842. The fraction of sp³-hybridized carbons (Fsp3) is 0.308. The summed E-state index contributed by atoms with van der Waals surface area (Å²) in [5.41, 5.74) is 3.52. The molecule has 0 saturated heterocycles. The largest absolute Gasteiger partial charge is 0.347 e. The molecule has 8 heteroatoms. The number of aromatic nitrogens is 3. The number of rotatable bonds is 5. The molecule has 0 unspecified atom stereocenters. The third-order valence-electron chi connectivity index (χ3n) is 2.79. The van der Waals surface area contributed by atoms with Gasteiger partial charge >= 0.3 is 0 Å². The van der Waals surface area contributed by atoms with Gasteiger partial charge in [-0.1, -0.05) is 23.7 Å². The third-order valence-corrected chi connectivity index (χ3v) is 3.03. The van der Waals surface area contributed by atoms with Crippen molar-refractivity contribution in [3.05, 3.63) is 34.9 Å². The highest BCUT2D eigenvalue weighted by atomic mass is 35.5. The van der Waals surface area contributed by atoms with Crippen LogP contribution in [-0.4, -0.2) is 36.1 Å². The van der Waals surface area contributed by atoms with Crippen molar-refractivity contribution < 1.29 is 0 Å². The lowest BCUT2D eigenvalue weighted by Crippen LogP contribution is -2.24. The van der Waals surface area contributed by atoms with Crippen LogP contribution in [0.25, 0.3) is 0 Å². The Balaban J connectivity index is 2.25. The topological polar surface area (TPSA) is 83.2 Å². The van der Waals surface area contributed by atoms with Gasteiger partial charge in [0.25, 0.3) is 0 Å². The zero-order chi connectivity index (χ0) is 15.4. The number of anilines is 3. The first-order valence-electron chi connectivity index (χ1n) is 6.35. The molecular weight excluding hydrogens is 290 g/mol. The molecule has 7 nitrogen and oxygen atoms in total. The monoisotopic (exact) mass is 307 g/mol. The maximum Gasteiger partial charge on any atom is 0.243 e. The van der Waals surface area contributed by atoms with Crippen molar-refractivity contribution in [3.63, 3.8) is 0 Å². The molecule has 0 aliphatic heterocycles. The summed E-state index contributed by atoms with van der Waals surface area (Å²) in [5, 5.41) is 0.704. The van der Waals surface area contributed by atoms with Gasteiger partial charge in [0.2, 0.25) is 17.8 Å². The van der Waals surface area contributed by atoms with E-state index in [1.165, 1.54) is 0 Å².